The van der Waals surface area contributed by atoms with Gasteiger partial charge in [0.05, 0.1) is 11.6 Å². The summed E-state index contributed by atoms with van der Waals surface area (Å²) in [7, 11) is 2.65. The highest BCUT2D eigenvalue weighted by Gasteiger charge is 2.15. The van der Waals surface area contributed by atoms with Gasteiger partial charge in [-0.15, -0.1) is 9.24 Å². The van der Waals surface area contributed by atoms with Crippen LogP contribution < -0.4 is 11.0 Å². The van der Waals surface area contributed by atoms with Gasteiger partial charge < -0.3 is 16.2 Å². The fourth-order valence-electron chi connectivity index (χ4n) is 3.28. The first-order valence-electron chi connectivity index (χ1n) is 9.41. The van der Waals surface area contributed by atoms with E-state index in [-0.39, 0.29) is 5.69 Å². The fraction of sp³-hybridized carbons (Fsp3) is 0.174. The summed E-state index contributed by atoms with van der Waals surface area (Å²) in [6, 6.07) is 15.2. The Hall–Kier alpha value is -2.88. The van der Waals surface area contributed by atoms with Crippen LogP contribution in [0.5, 0.6) is 0 Å². The Morgan fingerprint density at radius 1 is 1.24 bits per heavy atom. The number of nitrogens with one attached hydrogen (secondary N) is 1. The van der Waals surface area contributed by atoms with E-state index < -0.39 is 12.0 Å². The van der Waals surface area contributed by atoms with Crippen molar-refractivity contribution in [3.8, 4) is 11.1 Å². The van der Waals surface area contributed by atoms with Gasteiger partial charge in [-0.1, -0.05) is 49.4 Å². The molecule has 2 unspecified atom stereocenters. The summed E-state index contributed by atoms with van der Waals surface area (Å²) in [5, 5.41) is 20.1. The number of fused-ring (bicyclic) bond motifs is 1. The van der Waals surface area contributed by atoms with Gasteiger partial charge in [0.1, 0.15) is 5.69 Å². The number of aliphatic hydroxyl groups is 1. The highest BCUT2D eigenvalue weighted by molar-refractivity contribution is 7.27. The summed E-state index contributed by atoms with van der Waals surface area (Å²) in [6.07, 6.45) is 3.58. The van der Waals surface area contributed by atoms with Crippen molar-refractivity contribution in [3.63, 3.8) is 0 Å². The van der Waals surface area contributed by atoms with Crippen molar-refractivity contribution in [2.24, 2.45) is 5.73 Å². The Morgan fingerprint density at radius 3 is 2.59 bits per heavy atom. The molecule has 1 heterocycles. The molecule has 1 amide bonds. The van der Waals surface area contributed by atoms with Crippen molar-refractivity contribution in [1.29, 1.82) is 5.41 Å². The lowest BCUT2D eigenvalue weighted by Crippen LogP contribution is -2.13. The monoisotopic (exact) mass is 405 g/mol. The fourth-order valence-corrected chi connectivity index (χ4v) is 3.48. The average Bonchev–Trinajstić information content (AvgIpc) is 2.72. The molecule has 4 N–H and O–H groups in total. The standard InChI is InChI=1S/C23H24N3O2P/c1-2-3-14(13-24)10-22(27)16-6-9-18-19(15-4-7-17(29)8-5-15)12-21(23(25)28)26-20(18)11-16/h3-9,11-13,22,24,27H,2,10,29H2,1H3,(H2,25,28)/b14-3-,24-13?. The lowest BCUT2D eigenvalue weighted by molar-refractivity contribution is 0.0996. The molecular formula is C23H24N3O2P. The number of rotatable bonds is 7. The first-order chi connectivity index (χ1) is 13.9. The molecule has 0 fully saturated rings. The van der Waals surface area contributed by atoms with Gasteiger partial charge in [-0.2, -0.15) is 0 Å². The molecule has 0 saturated carbocycles. The zero-order chi connectivity index (χ0) is 21.0. The van der Waals surface area contributed by atoms with Crippen LogP contribution in [0.2, 0.25) is 0 Å². The van der Waals surface area contributed by atoms with Crippen LogP contribution in [-0.2, 0) is 0 Å². The first kappa shape index (κ1) is 20.8. The summed E-state index contributed by atoms with van der Waals surface area (Å²) in [5.74, 6) is -0.598. The molecule has 2 atom stereocenters. The second-order valence-electron chi connectivity index (χ2n) is 6.87. The van der Waals surface area contributed by atoms with E-state index in [0.29, 0.717) is 17.5 Å². The van der Waals surface area contributed by atoms with Crippen molar-refractivity contribution in [2.45, 2.75) is 25.9 Å². The number of hydrogen-bond acceptors (Lipinski definition) is 4. The second kappa shape index (κ2) is 9.08. The summed E-state index contributed by atoms with van der Waals surface area (Å²) in [6.45, 7) is 1.99. The SMILES string of the molecule is CC/C=C(\C=N)CC(O)c1ccc2c(-c3ccc(P)cc3)cc(C(N)=O)nc2c1. The van der Waals surface area contributed by atoms with Crippen LogP contribution >= 0.6 is 9.24 Å². The number of amides is 1. The van der Waals surface area contributed by atoms with Crippen molar-refractivity contribution in [3.05, 3.63) is 71.4 Å². The molecule has 6 heteroatoms. The van der Waals surface area contributed by atoms with E-state index in [2.05, 4.69) is 14.2 Å². The Morgan fingerprint density at radius 2 is 1.97 bits per heavy atom. The first-order valence-corrected chi connectivity index (χ1v) is 9.98. The average molecular weight is 405 g/mol. The predicted molar refractivity (Wildman–Crippen MR) is 122 cm³/mol. The summed E-state index contributed by atoms with van der Waals surface area (Å²) in [4.78, 5) is 16.2. The summed E-state index contributed by atoms with van der Waals surface area (Å²) < 4.78 is 0. The molecule has 0 radical (unpaired) electrons. The van der Waals surface area contributed by atoms with Crippen LogP contribution in [0.15, 0.2) is 60.2 Å². The summed E-state index contributed by atoms with van der Waals surface area (Å²) in [5.41, 5.74) is 9.56. The van der Waals surface area contributed by atoms with Gasteiger partial charge in [0.2, 0.25) is 0 Å². The number of benzene rings is 2. The number of nitrogens with two attached hydrogens (primary N) is 1. The van der Waals surface area contributed by atoms with E-state index in [1.165, 1.54) is 6.21 Å². The van der Waals surface area contributed by atoms with Crippen molar-refractivity contribution in [1.82, 2.24) is 4.98 Å². The van der Waals surface area contributed by atoms with Crippen LogP contribution in [0.1, 0.15) is 41.9 Å². The number of primary amides is 1. The third-order valence-corrected chi connectivity index (χ3v) is 5.16. The number of aliphatic hydroxyl groups excluding tert-OH is 1. The topological polar surface area (TPSA) is 100 Å². The lowest BCUT2D eigenvalue weighted by Gasteiger charge is -2.14. The number of carbonyl (C=O) groups excluding carboxylic acids is 1. The van der Waals surface area contributed by atoms with Crippen molar-refractivity contribution < 1.29 is 9.90 Å². The molecule has 0 aliphatic rings. The van der Waals surface area contributed by atoms with Crippen LogP contribution in [0.4, 0.5) is 0 Å². The van der Waals surface area contributed by atoms with Gasteiger partial charge in [-0.05, 0) is 46.1 Å². The number of carbonyl (C=O) groups is 1. The number of pyridine rings is 1. The Labute approximate surface area is 172 Å². The molecule has 0 bridgehead atoms. The van der Waals surface area contributed by atoms with E-state index in [1.807, 2.05) is 49.4 Å². The third-order valence-electron chi connectivity index (χ3n) is 4.77. The van der Waals surface area contributed by atoms with Gasteiger partial charge >= 0.3 is 0 Å². The molecule has 3 aromatic rings. The van der Waals surface area contributed by atoms with Crippen LogP contribution in [0.25, 0.3) is 22.0 Å². The zero-order valence-electron chi connectivity index (χ0n) is 16.2. The van der Waals surface area contributed by atoms with Gasteiger partial charge in [0.15, 0.2) is 0 Å². The predicted octanol–water partition coefficient (Wildman–Crippen LogP) is 3.91. The minimum Gasteiger partial charge on any atom is -0.388 e. The maximum absolute atomic E-state index is 11.8. The maximum atomic E-state index is 11.8. The molecule has 3 rings (SSSR count). The van der Waals surface area contributed by atoms with Crippen LogP contribution in [0, 0.1) is 5.41 Å². The summed E-state index contributed by atoms with van der Waals surface area (Å²) >= 11 is 0. The smallest absolute Gasteiger partial charge is 0.267 e. The van der Waals surface area contributed by atoms with Crippen LogP contribution in [0.3, 0.4) is 0 Å². The zero-order valence-corrected chi connectivity index (χ0v) is 17.4. The minimum atomic E-state index is -0.766. The normalized spacial score (nSPS) is 12.7. The highest BCUT2D eigenvalue weighted by atomic mass is 31.0. The minimum absolute atomic E-state index is 0.181. The second-order valence-corrected chi connectivity index (χ2v) is 7.54. The van der Waals surface area contributed by atoms with Crippen LogP contribution in [-0.4, -0.2) is 22.2 Å². The highest BCUT2D eigenvalue weighted by Crippen LogP contribution is 2.31. The Kier molecular flexibility index (Phi) is 6.53. The largest absolute Gasteiger partial charge is 0.388 e. The lowest BCUT2D eigenvalue weighted by atomic mass is 9.96. The molecule has 2 aromatic carbocycles. The van der Waals surface area contributed by atoms with Gasteiger partial charge in [0, 0.05) is 18.0 Å². The molecule has 1 aromatic heterocycles. The molecule has 0 saturated heterocycles. The number of nitrogens with zero attached hydrogens (tertiary/aromatic N) is 1. The van der Waals surface area contributed by atoms with E-state index in [9.17, 15) is 9.90 Å². The molecule has 0 aliphatic heterocycles. The van der Waals surface area contributed by atoms with Gasteiger partial charge in [0.25, 0.3) is 5.91 Å². The van der Waals surface area contributed by atoms with E-state index in [4.69, 9.17) is 11.1 Å². The number of allylic oxidation sites excluding steroid dienone is 1. The maximum Gasteiger partial charge on any atom is 0.267 e. The Balaban J connectivity index is 2.10. The molecule has 29 heavy (non-hydrogen) atoms. The van der Waals surface area contributed by atoms with Gasteiger partial charge in [-0.25, -0.2) is 4.98 Å². The van der Waals surface area contributed by atoms with E-state index in [1.54, 1.807) is 12.1 Å². The third kappa shape index (κ3) is 4.76. The van der Waals surface area contributed by atoms with E-state index >= 15 is 0 Å². The molecule has 5 nitrogen and oxygen atoms in total. The quantitative estimate of drug-likeness (QED) is 0.410. The molecule has 148 valence electrons. The van der Waals surface area contributed by atoms with Gasteiger partial charge in [-0.3, -0.25) is 4.79 Å². The number of hydrogen-bond donors (Lipinski definition) is 3. The molecule has 0 spiro atoms. The van der Waals surface area contributed by atoms with Crippen molar-refractivity contribution in [2.75, 3.05) is 0 Å². The Bertz CT molecular complexity index is 1090. The molecule has 0 aliphatic carbocycles. The van der Waals surface area contributed by atoms with Crippen molar-refractivity contribution >= 4 is 37.6 Å². The number of aromatic nitrogens is 1. The van der Waals surface area contributed by atoms with E-state index in [0.717, 1.165) is 33.8 Å². The molecular weight excluding hydrogens is 381 g/mol.